The van der Waals surface area contributed by atoms with Crippen molar-refractivity contribution >= 4 is 17.9 Å². The fraction of sp³-hybridized carbons (Fsp3) is 0.500. The van der Waals surface area contributed by atoms with Crippen molar-refractivity contribution in [2.75, 3.05) is 25.2 Å². The number of hydrogen-bond acceptors (Lipinski definition) is 4. The highest BCUT2D eigenvalue weighted by molar-refractivity contribution is 5.97. The molecule has 1 fully saturated rings. The van der Waals surface area contributed by atoms with E-state index in [0.717, 1.165) is 31.4 Å². The van der Waals surface area contributed by atoms with Crippen molar-refractivity contribution < 1.29 is 19.1 Å². The van der Waals surface area contributed by atoms with Crippen LogP contribution in [0.25, 0.3) is 0 Å². The average Bonchev–Trinajstić information content (AvgIpc) is 3.29. The van der Waals surface area contributed by atoms with E-state index in [9.17, 15) is 9.59 Å². The van der Waals surface area contributed by atoms with Crippen molar-refractivity contribution in [3.05, 3.63) is 23.8 Å². The largest absolute Gasteiger partial charge is 0.493 e. The zero-order chi connectivity index (χ0) is 15.2. The molecule has 1 aliphatic carbocycles. The van der Waals surface area contributed by atoms with Gasteiger partial charge in [-0.25, -0.2) is 0 Å². The number of hydrogen-bond donors (Lipinski definition) is 0. The monoisotopic (exact) mass is 291 g/mol. The normalized spacial score (nSPS) is 13.8. The van der Waals surface area contributed by atoms with E-state index in [-0.39, 0.29) is 11.8 Å². The number of anilines is 1. The molecule has 21 heavy (non-hydrogen) atoms. The van der Waals surface area contributed by atoms with Crippen molar-refractivity contribution in [2.24, 2.45) is 0 Å². The molecule has 114 valence electrons. The number of ketones is 1. The molecule has 0 aromatic heterocycles. The van der Waals surface area contributed by atoms with Crippen molar-refractivity contribution in [3.8, 4) is 5.75 Å². The lowest BCUT2D eigenvalue weighted by Crippen LogP contribution is -2.23. The molecule has 0 heterocycles. The molecule has 1 saturated carbocycles. The Labute approximate surface area is 124 Å². The highest BCUT2D eigenvalue weighted by Crippen LogP contribution is 2.33. The lowest BCUT2D eigenvalue weighted by molar-refractivity contribution is -0.107. The third-order valence-corrected chi connectivity index (χ3v) is 3.45. The summed E-state index contributed by atoms with van der Waals surface area (Å²) in [4.78, 5) is 24.6. The van der Waals surface area contributed by atoms with Crippen molar-refractivity contribution in [2.45, 2.75) is 32.2 Å². The van der Waals surface area contributed by atoms with Gasteiger partial charge in [0.05, 0.1) is 12.2 Å². The lowest BCUT2D eigenvalue weighted by Gasteiger charge is -2.19. The van der Waals surface area contributed by atoms with Crippen LogP contribution < -0.4 is 9.64 Å². The average molecular weight is 291 g/mol. The van der Waals surface area contributed by atoms with Crippen LogP contribution in [-0.2, 0) is 9.53 Å². The third kappa shape index (κ3) is 4.04. The summed E-state index contributed by atoms with van der Waals surface area (Å²) in [6.07, 6.45) is 3.64. The molecule has 0 atom stereocenters. The van der Waals surface area contributed by atoms with Crippen LogP contribution in [0.1, 0.15) is 36.5 Å². The number of methoxy groups -OCH3 is 1. The first-order chi connectivity index (χ1) is 10.2. The topological polar surface area (TPSA) is 55.8 Å². The molecule has 1 aromatic carbocycles. The molecule has 0 unspecified atom stereocenters. The van der Waals surface area contributed by atoms with E-state index in [2.05, 4.69) is 0 Å². The fourth-order valence-electron chi connectivity index (χ4n) is 2.18. The molecule has 5 nitrogen and oxygen atoms in total. The van der Waals surface area contributed by atoms with Gasteiger partial charge in [0.25, 0.3) is 0 Å². The van der Waals surface area contributed by atoms with E-state index in [1.165, 1.54) is 6.92 Å². The first kappa shape index (κ1) is 15.5. The van der Waals surface area contributed by atoms with Crippen LogP contribution in [0.5, 0.6) is 5.75 Å². The summed E-state index contributed by atoms with van der Waals surface area (Å²) in [5, 5.41) is 0. The maximum atomic E-state index is 11.7. The minimum atomic E-state index is -0.0487. The van der Waals surface area contributed by atoms with E-state index in [4.69, 9.17) is 9.47 Å². The molecule has 0 spiro atoms. The second-order valence-electron chi connectivity index (χ2n) is 5.18. The second-order valence-corrected chi connectivity index (χ2v) is 5.18. The third-order valence-electron chi connectivity index (χ3n) is 3.45. The molecular formula is C16H21NO4. The van der Waals surface area contributed by atoms with Gasteiger partial charge in [0.2, 0.25) is 6.41 Å². The Morgan fingerprint density at radius 1 is 1.38 bits per heavy atom. The van der Waals surface area contributed by atoms with Gasteiger partial charge in [-0.05, 0) is 31.9 Å². The predicted molar refractivity (Wildman–Crippen MR) is 80.0 cm³/mol. The summed E-state index contributed by atoms with van der Waals surface area (Å²) in [7, 11) is 1.64. The molecule has 1 aliphatic rings. The van der Waals surface area contributed by atoms with E-state index in [1.807, 2.05) is 0 Å². The smallest absolute Gasteiger partial charge is 0.214 e. The predicted octanol–water partition coefficient (Wildman–Crippen LogP) is 2.43. The summed E-state index contributed by atoms with van der Waals surface area (Å²) in [6, 6.07) is 5.58. The van der Waals surface area contributed by atoms with Crippen LogP contribution >= 0.6 is 0 Å². The van der Waals surface area contributed by atoms with Crippen LogP contribution in [0, 0.1) is 0 Å². The van der Waals surface area contributed by atoms with Gasteiger partial charge in [-0.2, -0.15) is 0 Å². The number of rotatable bonds is 9. The van der Waals surface area contributed by atoms with Crippen molar-refractivity contribution in [1.29, 1.82) is 0 Å². The maximum Gasteiger partial charge on any atom is 0.214 e. The maximum absolute atomic E-state index is 11.7. The van der Waals surface area contributed by atoms with Gasteiger partial charge in [0.15, 0.2) is 5.78 Å². The van der Waals surface area contributed by atoms with Gasteiger partial charge >= 0.3 is 0 Å². The molecule has 0 radical (unpaired) electrons. The van der Waals surface area contributed by atoms with Crippen molar-refractivity contribution in [1.82, 2.24) is 0 Å². The standard InChI is InChI=1S/C16H21NO4/c1-12(19)15-7-6-14(17(11-18)13-4-5-13)10-16(15)21-9-3-8-20-2/h6-7,10-11,13H,3-5,8-9H2,1-2H3. The molecular weight excluding hydrogens is 270 g/mol. The van der Waals surface area contributed by atoms with Gasteiger partial charge in [0, 0.05) is 37.9 Å². The summed E-state index contributed by atoms with van der Waals surface area (Å²) < 4.78 is 10.7. The summed E-state index contributed by atoms with van der Waals surface area (Å²) in [5.41, 5.74) is 1.32. The Kier molecular flexibility index (Phi) is 5.33. The zero-order valence-corrected chi connectivity index (χ0v) is 12.5. The van der Waals surface area contributed by atoms with Crippen LogP contribution in [0.15, 0.2) is 18.2 Å². The fourth-order valence-corrected chi connectivity index (χ4v) is 2.18. The highest BCUT2D eigenvalue weighted by Gasteiger charge is 2.29. The highest BCUT2D eigenvalue weighted by atomic mass is 16.5. The first-order valence-electron chi connectivity index (χ1n) is 7.17. The summed E-state index contributed by atoms with van der Waals surface area (Å²) >= 11 is 0. The number of carbonyl (C=O) groups is 2. The number of nitrogens with zero attached hydrogens (tertiary/aromatic N) is 1. The summed E-state index contributed by atoms with van der Waals surface area (Å²) in [6.45, 7) is 2.59. The van der Waals surface area contributed by atoms with Crippen LogP contribution in [-0.4, -0.2) is 38.6 Å². The molecule has 0 aliphatic heterocycles. The Hall–Kier alpha value is -1.88. The Balaban J connectivity index is 2.16. The molecule has 1 aromatic rings. The lowest BCUT2D eigenvalue weighted by atomic mass is 10.1. The van der Waals surface area contributed by atoms with Gasteiger partial charge in [-0.15, -0.1) is 0 Å². The molecule has 2 rings (SSSR count). The molecule has 0 saturated heterocycles. The van der Waals surface area contributed by atoms with Gasteiger partial charge in [-0.1, -0.05) is 0 Å². The van der Waals surface area contributed by atoms with Gasteiger partial charge in [0.1, 0.15) is 5.75 Å². The number of Topliss-reactive ketones (excluding diaryl/α,β-unsaturated/α-hetero) is 1. The minimum absolute atomic E-state index is 0.0487. The van der Waals surface area contributed by atoms with Gasteiger partial charge in [-0.3, -0.25) is 9.59 Å². The summed E-state index contributed by atoms with van der Waals surface area (Å²) in [5.74, 6) is 0.482. The SMILES string of the molecule is COCCCOc1cc(N(C=O)C2CC2)ccc1C(C)=O. The number of benzene rings is 1. The Morgan fingerprint density at radius 2 is 2.14 bits per heavy atom. The number of amides is 1. The van der Waals surface area contributed by atoms with E-state index in [0.29, 0.717) is 24.5 Å². The number of ether oxygens (including phenoxy) is 2. The van der Waals surface area contributed by atoms with E-state index < -0.39 is 0 Å². The van der Waals surface area contributed by atoms with Crippen LogP contribution in [0.4, 0.5) is 5.69 Å². The second kappa shape index (κ2) is 7.22. The molecule has 0 bridgehead atoms. The molecule has 5 heteroatoms. The van der Waals surface area contributed by atoms with E-state index in [1.54, 1.807) is 30.2 Å². The van der Waals surface area contributed by atoms with Crippen LogP contribution in [0.2, 0.25) is 0 Å². The number of carbonyl (C=O) groups excluding carboxylic acids is 2. The molecule has 1 amide bonds. The first-order valence-corrected chi connectivity index (χ1v) is 7.17. The zero-order valence-electron chi connectivity index (χ0n) is 12.5. The minimum Gasteiger partial charge on any atom is -0.493 e. The van der Waals surface area contributed by atoms with Crippen molar-refractivity contribution in [3.63, 3.8) is 0 Å². The molecule has 0 N–H and O–H groups in total. The quantitative estimate of drug-likeness (QED) is 0.398. The Bertz CT molecular complexity index is 511. The van der Waals surface area contributed by atoms with Gasteiger partial charge < -0.3 is 14.4 Å². The van der Waals surface area contributed by atoms with E-state index >= 15 is 0 Å². The van der Waals surface area contributed by atoms with Crippen LogP contribution in [0.3, 0.4) is 0 Å². The Morgan fingerprint density at radius 3 is 2.71 bits per heavy atom.